The number of rotatable bonds is 4. The molecule has 2 N–H and O–H groups in total. The SMILES string of the molecule is N/N=C(\c1ccc(Cl)cc1)c1ccc(OC(F)F)cc1. The summed E-state index contributed by atoms with van der Waals surface area (Å²) >= 11 is 5.82. The molecule has 2 aromatic rings. The van der Waals surface area contributed by atoms with E-state index in [-0.39, 0.29) is 5.75 Å². The Bertz CT molecular complexity index is 598. The van der Waals surface area contributed by atoms with Crippen LogP contribution in [0.4, 0.5) is 8.78 Å². The molecular formula is C14H11ClF2N2O. The molecule has 0 aliphatic carbocycles. The first kappa shape index (κ1) is 14.3. The number of ether oxygens (including phenoxy) is 1. The van der Waals surface area contributed by atoms with Gasteiger partial charge in [0, 0.05) is 16.1 Å². The van der Waals surface area contributed by atoms with Gasteiger partial charge in [0.05, 0.1) is 5.71 Å². The van der Waals surface area contributed by atoms with E-state index in [1.54, 1.807) is 36.4 Å². The van der Waals surface area contributed by atoms with Crippen LogP contribution in [-0.2, 0) is 0 Å². The maximum Gasteiger partial charge on any atom is 0.387 e. The number of nitrogens with two attached hydrogens (primary N) is 1. The van der Waals surface area contributed by atoms with E-state index in [4.69, 9.17) is 17.4 Å². The summed E-state index contributed by atoms with van der Waals surface area (Å²) in [7, 11) is 0. The van der Waals surface area contributed by atoms with Crippen molar-refractivity contribution in [3.8, 4) is 5.75 Å². The average molecular weight is 297 g/mol. The van der Waals surface area contributed by atoms with Gasteiger partial charge in [-0.25, -0.2) is 0 Å². The first-order chi connectivity index (χ1) is 9.60. The Morgan fingerprint density at radius 1 is 1.00 bits per heavy atom. The summed E-state index contributed by atoms with van der Waals surface area (Å²) in [5.41, 5.74) is 2.00. The van der Waals surface area contributed by atoms with Crippen LogP contribution in [0.25, 0.3) is 0 Å². The molecule has 20 heavy (non-hydrogen) atoms. The summed E-state index contributed by atoms with van der Waals surface area (Å²) in [6.07, 6.45) is 0. The summed E-state index contributed by atoms with van der Waals surface area (Å²) < 4.78 is 28.4. The smallest absolute Gasteiger partial charge is 0.387 e. The van der Waals surface area contributed by atoms with Gasteiger partial charge in [-0.3, -0.25) is 0 Å². The van der Waals surface area contributed by atoms with Crippen molar-refractivity contribution in [2.45, 2.75) is 6.61 Å². The lowest BCUT2D eigenvalue weighted by molar-refractivity contribution is -0.0498. The lowest BCUT2D eigenvalue weighted by Gasteiger charge is -2.08. The van der Waals surface area contributed by atoms with Crippen LogP contribution in [-0.4, -0.2) is 12.3 Å². The second kappa shape index (κ2) is 6.34. The third-order valence-electron chi connectivity index (χ3n) is 2.60. The van der Waals surface area contributed by atoms with Crippen LogP contribution in [0.3, 0.4) is 0 Å². The molecule has 0 aliphatic rings. The molecule has 0 saturated heterocycles. The van der Waals surface area contributed by atoms with E-state index in [1.165, 1.54) is 12.1 Å². The second-order valence-electron chi connectivity index (χ2n) is 3.89. The highest BCUT2D eigenvalue weighted by atomic mass is 35.5. The van der Waals surface area contributed by atoms with E-state index in [9.17, 15) is 8.78 Å². The van der Waals surface area contributed by atoms with E-state index >= 15 is 0 Å². The Labute approximate surface area is 119 Å². The number of hydrogen-bond acceptors (Lipinski definition) is 3. The Balaban J connectivity index is 2.26. The molecule has 0 saturated carbocycles. The molecule has 0 aromatic heterocycles. The van der Waals surface area contributed by atoms with Crippen LogP contribution in [0.15, 0.2) is 53.6 Å². The molecule has 6 heteroatoms. The molecule has 0 amide bonds. The van der Waals surface area contributed by atoms with Crippen molar-refractivity contribution in [2.75, 3.05) is 0 Å². The fraction of sp³-hybridized carbons (Fsp3) is 0.0714. The van der Waals surface area contributed by atoms with Crippen LogP contribution in [0.5, 0.6) is 5.75 Å². The van der Waals surface area contributed by atoms with Gasteiger partial charge in [-0.15, -0.1) is 0 Å². The van der Waals surface area contributed by atoms with E-state index in [2.05, 4.69) is 9.84 Å². The van der Waals surface area contributed by atoms with Gasteiger partial charge in [-0.2, -0.15) is 13.9 Å². The monoisotopic (exact) mass is 296 g/mol. The van der Waals surface area contributed by atoms with Crippen LogP contribution >= 0.6 is 11.6 Å². The lowest BCUT2D eigenvalue weighted by Crippen LogP contribution is -2.07. The summed E-state index contributed by atoms with van der Waals surface area (Å²) in [5, 5.41) is 4.34. The maximum absolute atomic E-state index is 12.1. The summed E-state index contributed by atoms with van der Waals surface area (Å²) in [6, 6.07) is 13.1. The summed E-state index contributed by atoms with van der Waals surface area (Å²) in [4.78, 5) is 0. The van der Waals surface area contributed by atoms with Crippen molar-refractivity contribution in [1.29, 1.82) is 0 Å². The van der Waals surface area contributed by atoms with Crippen molar-refractivity contribution in [3.63, 3.8) is 0 Å². The number of hydrazone groups is 1. The highest BCUT2D eigenvalue weighted by Gasteiger charge is 2.09. The Morgan fingerprint density at radius 2 is 1.50 bits per heavy atom. The fourth-order valence-electron chi connectivity index (χ4n) is 1.72. The van der Waals surface area contributed by atoms with Gasteiger partial charge in [0.25, 0.3) is 0 Å². The molecule has 0 fully saturated rings. The molecule has 2 rings (SSSR count). The van der Waals surface area contributed by atoms with Gasteiger partial charge in [0.2, 0.25) is 0 Å². The van der Waals surface area contributed by atoms with Crippen molar-refractivity contribution in [3.05, 3.63) is 64.7 Å². The van der Waals surface area contributed by atoms with E-state index in [1.807, 2.05) is 0 Å². The third kappa shape index (κ3) is 3.45. The molecule has 0 radical (unpaired) electrons. The number of alkyl halides is 2. The quantitative estimate of drug-likeness (QED) is 0.532. The summed E-state index contributed by atoms with van der Waals surface area (Å²) in [6.45, 7) is -2.85. The molecular weight excluding hydrogens is 286 g/mol. The number of hydrogen-bond donors (Lipinski definition) is 1. The van der Waals surface area contributed by atoms with Crippen molar-refractivity contribution >= 4 is 17.3 Å². The minimum absolute atomic E-state index is 0.0798. The van der Waals surface area contributed by atoms with Gasteiger partial charge in [-0.05, 0) is 36.4 Å². The van der Waals surface area contributed by atoms with Gasteiger partial charge in [-0.1, -0.05) is 23.7 Å². The topological polar surface area (TPSA) is 47.6 Å². The van der Waals surface area contributed by atoms with Gasteiger partial charge < -0.3 is 10.6 Å². The third-order valence-corrected chi connectivity index (χ3v) is 2.85. The van der Waals surface area contributed by atoms with Crippen molar-refractivity contribution < 1.29 is 13.5 Å². The predicted octanol–water partition coefficient (Wildman–Crippen LogP) is 3.65. The van der Waals surface area contributed by atoms with Gasteiger partial charge >= 0.3 is 6.61 Å². The van der Waals surface area contributed by atoms with Crippen LogP contribution in [0.2, 0.25) is 5.02 Å². The molecule has 0 bridgehead atoms. The van der Waals surface area contributed by atoms with Gasteiger partial charge in [0.15, 0.2) is 0 Å². The molecule has 3 nitrogen and oxygen atoms in total. The van der Waals surface area contributed by atoms with Crippen LogP contribution in [0, 0.1) is 0 Å². The Morgan fingerprint density at radius 3 is 1.95 bits per heavy atom. The minimum atomic E-state index is -2.85. The highest BCUT2D eigenvalue weighted by molar-refractivity contribution is 6.30. The highest BCUT2D eigenvalue weighted by Crippen LogP contribution is 2.18. The minimum Gasteiger partial charge on any atom is -0.435 e. The molecule has 0 heterocycles. The largest absolute Gasteiger partial charge is 0.435 e. The fourth-order valence-corrected chi connectivity index (χ4v) is 1.84. The molecule has 2 aromatic carbocycles. The van der Waals surface area contributed by atoms with Crippen molar-refractivity contribution in [1.82, 2.24) is 0 Å². The normalized spacial score (nSPS) is 11.7. The van der Waals surface area contributed by atoms with E-state index in [0.717, 1.165) is 5.56 Å². The van der Waals surface area contributed by atoms with E-state index < -0.39 is 6.61 Å². The second-order valence-corrected chi connectivity index (χ2v) is 4.32. The maximum atomic E-state index is 12.1. The first-order valence-corrected chi connectivity index (χ1v) is 6.07. The van der Waals surface area contributed by atoms with Crippen LogP contribution < -0.4 is 10.6 Å². The number of nitrogens with zero attached hydrogens (tertiary/aromatic N) is 1. The van der Waals surface area contributed by atoms with Gasteiger partial charge in [0.1, 0.15) is 5.75 Å². The molecule has 0 aliphatic heterocycles. The average Bonchev–Trinajstić information content (AvgIpc) is 2.43. The zero-order valence-electron chi connectivity index (χ0n) is 10.3. The molecule has 0 atom stereocenters. The molecule has 0 spiro atoms. The molecule has 0 unspecified atom stereocenters. The molecule has 104 valence electrons. The summed E-state index contributed by atoms with van der Waals surface area (Å²) in [5.74, 6) is 5.48. The van der Waals surface area contributed by atoms with Crippen LogP contribution in [0.1, 0.15) is 11.1 Å². The van der Waals surface area contributed by atoms with Crippen molar-refractivity contribution in [2.24, 2.45) is 10.9 Å². The Hall–Kier alpha value is -2.14. The zero-order chi connectivity index (χ0) is 14.5. The number of halogens is 3. The number of benzene rings is 2. The zero-order valence-corrected chi connectivity index (χ0v) is 11.0. The Kier molecular flexibility index (Phi) is 4.53. The standard InChI is InChI=1S/C14H11ClF2N2O/c15-11-5-1-9(2-6-11)13(19-18)10-3-7-12(8-4-10)20-14(16)17/h1-8,14H,18H2/b19-13+. The van der Waals surface area contributed by atoms with E-state index in [0.29, 0.717) is 16.3 Å². The lowest BCUT2D eigenvalue weighted by atomic mass is 10.0. The first-order valence-electron chi connectivity index (χ1n) is 5.69. The predicted molar refractivity (Wildman–Crippen MR) is 74.4 cm³/mol.